The number of nitrogens with zero attached hydrogens (tertiary/aromatic N) is 3. The van der Waals surface area contributed by atoms with E-state index >= 15 is 0 Å². The third-order valence-electron chi connectivity index (χ3n) is 3.73. The summed E-state index contributed by atoms with van der Waals surface area (Å²) in [6.45, 7) is 2.65. The topological polar surface area (TPSA) is 70.3 Å². The maximum atomic E-state index is 5.91. The molecule has 1 aliphatic rings. The highest BCUT2D eigenvalue weighted by atomic mass is 16.6. The Morgan fingerprint density at radius 1 is 1.09 bits per heavy atom. The number of aromatic nitrogens is 3. The molecule has 0 saturated carbocycles. The van der Waals surface area contributed by atoms with Gasteiger partial charge in [0.15, 0.2) is 11.5 Å². The summed E-state index contributed by atoms with van der Waals surface area (Å²) in [4.78, 5) is 8.42. The molecule has 2 aromatic heterocycles. The van der Waals surface area contributed by atoms with Crippen molar-refractivity contribution in [2.45, 2.75) is 19.4 Å². The summed E-state index contributed by atoms with van der Waals surface area (Å²) in [5.41, 5.74) is 1.66. The van der Waals surface area contributed by atoms with Crippen LogP contribution in [0.2, 0.25) is 0 Å². The third kappa shape index (κ3) is 2.63. The van der Waals surface area contributed by atoms with Crippen molar-refractivity contribution in [2.24, 2.45) is 0 Å². The average molecular weight is 309 g/mol. The molecule has 23 heavy (non-hydrogen) atoms. The first-order valence-electron chi connectivity index (χ1n) is 7.51. The van der Waals surface area contributed by atoms with E-state index in [1.807, 2.05) is 30.3 Å². The Kier molecular flexibility index (Phi) is 3.42. The quantitative estimate of drug-likeness (QED) is 0.739. The molecule has 1 atom stereocenters. The maximum Gasteiger partial charge on any atom is 0.258 e. The number of pyridine rings is 1. The summed E-state index contributed by atoms with van der Waals surface area (Å²) in [5, 5.41) is 4.02. The Hall–Kier alpha value is -2.89. The van der Waals surface area contributed by atoms with Crippen molar-refractivity contribution in [3.8, 4) is 34.3 Å². The van der Waals surface area contributed by atoms with Crippen LogP contribution in [0.1, 0.15) is 13.3 Å². The number of rotatable bonds is 3. The van der Waals surface area contributed by atoms with Crippen LogP contribution in [0.5, 0.6) is 11.5 Å². The largest absolute Gasteiger partial charge is 0.486 e. The zero-order valence-electron chi connectivity index (χ0n) is 12.6. The van der Waals surface area contributed by atoms with Crippen LogP contribution in [-0.2, 0) is 0 Å². The Labute approximate surface area is 133 Å². The van der Waals surface area contributed by atoms with E-state index in [0.29, 0.717) is 24.1 Å². The molecule has 0 bridgehead atoms. The molecule has 116 valence electrons. The fourth-order valence-corrected chi connectivity index (χ4v) is 2.41. The van der Waals surface area contributed by atoms with Gasteiger partial charge in [0.2, 0.25) is 5.82 Å². The molecule has 0 spiro atoms. The van der Waals surface area contributed by atoms with E-state index in [2.05, 4.69) is 22.0 Å². The van der Waals surface area contributed by atoms with Gasteiger partial charge in [0.1, 0.15) is 12.7 Å². The smallest absolute Gasteiger partial charge is 0.258 e. The first-order valence-corrected chi connectivity index (χ1v) is 7.51. The van der Waals surface area contributed by atoms with Gasteiger partial charge in [0.05, 0.1) is 0 Å². The highest BCUT2D eigenvalue weighted by Crippen LogP contribution is 2.36. The number of fused-ring (bicyclic) bond motifs is 1. The molecule has 0 radical (unpaired) electrons. The van der Waals surface area contributed by atoms with Crippen LogP contribution in [0.3, 0.4) is 0 Å². The summed E-state index contributed by atoms with van der Waals surface area (Å²) >= 11 is 0. The van der Waals surface area contributed by atoms with Crippen LogP contribution in [-0.4, -0.2) is 27.8 Å². The number of benzene rings is 1. The van der Waals surface area contributed by atoms with Gasteiger partial charge in [0, 0.05) is 23.5 Å². The van der Waals surface area contributed by atoms with Crippen molar-refractivity contribution in [1.29, 1.82) is 0 Å². The lowest BCUT2D eigenvalue weighted by atomic mass is 10.1. The molecule has 4 rings (SSSR count). The van der Waals surface area contributed by atoms with E-state index in [0.717, 1.165) is 23.3 Å². The van der Waals surface area contributed by atoms with E-state index < -0.39 is 0 Å². The lowest BCUT2D eigenvalue weighted by molar-refractivity contribution is 0.0885. The summed E-state index contributed by atoms with van der Waals surface area (Å²) in [5.74, 6) is 2.43. The third-order valence-corrected chi connectivity index (χ3v) is 3.73. The molecule has 0 saturated heterocycles. The molecule has 1 aromatic carbocycles. The van der Waals surface area contributed by atoms with Gasteiger partial charge >= 0.3 is 0 Å². The first kappa shape index (κ1) is 13.8. The van der Waals surface area contributed by atoms with Gasteiger partial charge in [0.25, 0.3) is 5.89 Å². The van der Waals surface area contributed by atoms with Crippen molar-refractivity contribution in [3.63, 3.8) is 0 Å². The van der Waals surface area contributed by atoms with Gasteiger partial charge in [-0.25, -0.2) is 0 Å². The Bertz CT molecular complexity index is 817. The molecule has 3 heterocycles. The highest BCUT2D eigenvalue weighted by Gasteiger charge is 2.21. The van der Waals surface area contributed by atoms with Crippen LogP contribution >= 0.6 is 0 Å². The first-order chi connectivity index (χ1) is 11.3. The summed E-state index contributed by atoms with van der Waals surface area (Å²) in [6, 6.07) is 9.31. The predicted octanol–water partition coefficient (Wildman–Crippen LogP) is 3.35. The Balaban J connectivity index is 1.65. The normalized spacial score (nSPS) is 16.3. The van der Waals surface area contributed by atoms with Crippen molar-refractivity contribution >= 4 is 0 Å². The molecular weight excluding hydrogens is 294 g/mol. The van der Waals surface area contributed by atoms with Gasteiger partial charge in [-0.3, -0.25) is 4.98 Å². The van der Waals surface area contributed by atoms with Gasteiger partial charge < -0.3 is 14.0 Å². The predicted molar refractivity (Wildman–Crippen MR) is 83.2 cm³/mol. The molecule has 6 heteroatoms. The lowest BCUT2D eigenvalue weighted by Gasteiger charge is -2.25. The highest BCUT2D eigenvalue weighted by molar-refractivity contribution is 5.63. The van der Waals surface area contributed by atoms with Crippen molar-refractivity contribution in [3.05, 3.63) is 42.7 Å². The fourth-order valence-electron chi connectivity index (χ4n) is 2.41. The Morgan fingerprint density at radius 3 is 2.78 bits per heavy atom. The SMILES string of the molecule is CCC1COc2ccc(-c3nc(-c4ccncc4)no3)cc2O1. The van der Waals surface area contributed by atoms with E-state index in [1.165, 1.54) is 0 Å². The van der Waals surface area contributed by atoms with Gasteiger partial charge in [-0.2, -0.15) is 4.98 Å². The second-order valence-electron chi connectivity index (χ2n) is 5.28. The van der Waals surface area contributed by atoms with Crippen LogP contribution in [0.15, 0.2) is 47.2 Å². The Morgan fingerprint density at radius 2 is 1.96 bits per heavy atom. The zero-order valence-corrected chi connectivity index (χ0v) is 12.6. The second kappa shape index (κ2) is 5.72. The average Bonchev–Trinajstić information content (AvgIpc) is 3.11. The number of hydrogen-bond acceptors (Lipinski definition) is 6. The van der Waals surface area contributed by atoms with E-state index in [4.69, 9.17) is 14.0 Å². The number of hydrogen-bond donors (Lipinski definition) is 0. The molecule has 0 amide bonds. The van der Waals surface area contributed by atoms with Gasteiger partial charge in [-0.15, -0.1) is 0 Å². The van der Waals surface area contributed by atoms with Crippen LogP contribution < -0.4 is 9.47 Å². The van der Waals surface area contributed by atoms with Crippen molar-refractivity contribution in [2.75, 3.05) is 6.61 Å². The van der Waals surface area contributed by atoms with Crippen molar-refractivity contribution in [1.82, 2.24) is 15.1 Å². The molecule has 3 aromatic rings. The zero-order chi connectivity index (χ0) is 15.6. The van der Waals surface area contributed by atoms with Gasteiger partial charge in [-0.05, 0) is 36.8 Å². The van der Waals surface area contributed by atoms with Crippen LogP contribution in [0.25, 0.3) is 22.8 Å². The minimum atomic E-state index is 0.0767. The lowest BCUT2D eigenvalue weighted by Crippen LogP contribution is -2.28. The molecule has 1 aliphatic heterocycles. The summed E-state index contributed by atoms with van der Waals surface area (Å²) in [6.07, 6.45) is 4.37. The summed E-state index contributed by atoms with van der Waals surface area (Å²) in [7, 11) is 0. The van der Waals surface area contributed by atoms with Crippen LogP contribution in [0, 0.1) is 0 Å². The van der Waals surface area contributed by atoms with E-state index in [9.17, 15) is 0 Å². The molecule has 0 N–H and O–H groups in total. The second-order valence-corrected chi connectivity index (χ2v) is 5.28. The fraction of sp³-hybridized carbons (Fsp3) is 0.235. The molecule has 0 fully saturated rings. The summed E-state index contributed by atoms with van der Waals surface area (Å²) < 4.78 is 17.0. The van der Waals surface area contributed by atoms with Crippen LogP contribution in [0.4, 0.5) is 0 Å². The molecule has 0 aliphatic carbocycles. The number of ether oxygens (including phenoxy) is 2. The van der Waals surface area contributed by atoms with E-state index in [-0.39, 0.29) is 6.10 Å². The van der Waals surface area contributed by atoms with Gasteiger partial charge in [-0.1, -0.05) is 12.1 Å². The molecule has 6 nitrogen and oxygen atoms in total. The monoisotopic (exact) mass is 309 g/mol. The molecular formula is C17H15N3O3. The van der Waals surface area contributed by atoms with Crippen molar-refractivity contribution < 1.29 is 14.0 Å². The maximum absolute atomic E-state index is 5.91. The van der Waals surface area contributed by atoms with E-state index in [1.54, 1.807) is 12.4 Å². The minimum Gasteiger partial charge on any atom is -0.486 e. The minimum absolute atomic E-state index is 0.0767. The standard InChI is InChI=1S/C17H15N3O3/c1-2-13-10-21-14-4-3-12(9-15(14)22-13)17-19-16(20-23-17)11-5-7-18-8-6-11/h3-9,13H,2,10H2,1H3. The molecule has 1 unspecified atom stereocenters.